The van der Waals surface area contributed by atoms with Crippen LogP contribution in [-0.2, 0) is 5.41 Å². The molecule has 1 unspecified atom stereocenters. The predicted octanol–water partition coefficient (Wildman–Crippen LogP) is 8.74. The second-order valence-electron chi connectivity index (χ2n) is 10.5. The van der Waals surface area contributed by atoms with Crippen LogP contribution in [0.4, 0.5) is 5.69 Å². The Morgan fingerprint density at radius 2 is 1.71 bits per heavy atom. The van der Waals surface area contributed by atoms with Crippen molar-refractivity contribution in [3.8, 4) is 17.3 Å². The van der Waals surface area contributed by atoms with Crippen molar-refractivity contribution in [3.05, 3.63) is 125 Å². The standard InChI is InChI=1S/C34H25N3S/c1-34(2)26-8-3-4-9-30(26)38-31-19-25(12-15-27(31)34)29-17-14-23-11-10-22-13-16-28(36-32(22)33(23)37-29)24-7-5-6-21(18-24)20-35/h3-19,29,37H,1-2H3. The molecule has 3 nitrogen and oxygen atoms in total. The van der Waals surface area contributed by atoms with Crippen LogP contribution in [0, 0.1) is 11.3 Å². The number of nitrogens with one attached hydrogen (secondary N) is 1. The number of nitrogens with zero attached hydrogens (tertiary/aromatic N) is 2. The van der Waals surface area contributed by atoms with Crippen molar-refractivity contribution in [1.29, 1.82) is 5.26 Å². The average molecular weight is 508 g/mol. The SMILES string of the molecule is CC1(C)c2ccccc2Sc2cc(C3C=Cc4ccc5ccc(-c6cccc(C#N)c6)nc5c4N3)ccc21. The molecule has 1 N–H and O–H groups in total. The van der Waals surface area contributed by atoms with Gasteiger partial charge in [0, 0.05) is 26.2 Å². The Hall–Kier alpha value is -4.33. The van der Waals surface area contributed by atoms with Gasteiger partial charge < -0.3 is 5.32 Å². The summed E-state index contributed by atoms with van der Waals surface area (Å²) in [6.45, 7) is 4.64. The number of pyridine rings is 1. The van der Waals surface area contributed by atoms with Crippen molar-refractivity contribution in [1.82, 2.24) is 4.98 Å². The third-order valence-electron chi connectivity index (χ3n) is 7.77. The zero-order chi connectivity index (χ0) is 25.9. The summed E-state index contributed by atoms with van der Waals surface area (Å²) in [5, 5.41) is 14.2. The third-order valence-corrected chi connectivity index (χ3v) is 8.90. The summed E-state index contributed by atoms with van der Waals surface area (Å²) in [7, 11) is 0. The largest absolute Gasteiger partial charge is 0.372 e. The average Bonchev–Trinajstić information content (AvgIpc) is 2.96. The van der Waals surface area contributed by atoms with Gasteiger partial charge in [-0.2, -0.15) is 5.26 Å². The number of hydrogen-bond acceptors (Lipinski definition) is 4. The summed E-state index contributed by atoms with van der Waals surface area (Å²) in [5.41, 5.74) is 9.54. The van der Waals surface area contributed by atoms with E-state index < -0.39 is 0 Å². The Bertz CT molecular complexity index is 1830. The highest BCUT2D eigenvalue weighted by atomic mass is 32.2. The van der Waals surface area contributed by atoms with Crippen molar-refractivity contribution < 1.29 is 0 Å². The summed E-state index contributed by atoms with van der Waals surface area (Å²) in [6.07, 6.45) is 4.44. The van der Waals surface area contributed by atoms with Gasteiger partial charge in [0.2, 0.25) is 0 Å². The van der Waals surface area contributed by atoms with Crippen molar-refractivity contribution in [3.63, 3.8) is 0 Å². The van der Waals surface area contributed by atoms with E-state index >= 15 is 0 Å². The van der Waals surface area contributed by atoms with Gasteiger partial charge in [0.1, 0.15) is 0 Å². The molecule has 2 aliphatic rings. The highest BCUT2D eigenvalue weighted by Crippen LogP contribution is 2.49. The van der Waals surface area contributed by atoms with E-state index in [4.69, 9.17) is 4.98 Å². The first-order valence-electron chi connectivity index (χ1n) is 12.8. The molecular weight excluding hydrogens is 482 g/mol. The summed E-state index contributed by atoms with van der Waals surface area (Å²) < 4.78 is 0. The summed E-state index contributed by atoms with van der Waals surface area (Å²) >= 11 is 1.87. The van der Waals surface area contributed by atoms with E-state index in [0.717, 1.165) is 33.4 Å². The van der Waals surface area contributed by atoms with Crippen LogP contribution in [0.15, 0.2) is 107 Å². The molecule has 0 radical (unpaired) electrons. The fourth-order valence-electron chi connectivity index (χ4n) is 5.67. The zero-order valence-electron chi connectivity index (χ0n) is 21.2. The molecule has 0 spiro atoms. The number of aromatic nitrogens is 1. The minimum absolute atomic E-state index is 0.0302. The van der Waals surface area contributed by atoms with Crippen LogP contribution in [0.1, 0.15) is 47.7 Å². The molecule has 38 heavy (non-hydrogen) atoms. The number of anilines is 1. The van der Waals surface area contributed by atoms with Gasteiger partial charge in [0.15, 0.2) is 0 Å². The highest BCUT2D eigenvalue weighted by molar-refractivity contribution is 7.99. The number of hydrogen-bond donors (Lipinski definition) is 1. The molecular formula is C34H25N3S. The van der Waals surface area contributed by atoms with E-state index in [9.17, 15) is 5.26 Å². The van der Waals surface area contributed by atoms with Crippen molar-refractivity contribution >= 4 is 34.4 Å². The quantitative estimate of drug-likeness (QED) is 0.259. The van der Waals surface area contributed by atoms with Crippen molar-refractivity contribution in [2.45, 2.75) is 35.1 Å². The molecule has 0 fully saturated rings. The predicted molar refractivity (Wildman–Crippen MR) is 156 cm³/mol. The van der Waals surface area contributed by atoms with E-state index in [2.05, 4.69) is 98.0 Å². The maximum atomic E-state index is 9.34. The topological polar surface area (TPSA) is 48.7 Å². The van der Waals surface area contributed by atoms with Gasteiger partial charge in [-0.1, -0.05) is 98.4 Å². The molecule has 0 saturated carbocycles. The summed E-state index contributed by atoms with van der Waals surface area (Å²) in [4.78, 5) is 7.72. The molecule has 1 aromatic heterocycles. The molecule has 0 aliphatic carbocycles. The van der Waals surface area contributed by atoms with Gasteiger partial charge in [-0.3, -0.25) is 0 Å². The maximum Gasteiger partial charge on any atom is 0.0991 e. The molecule has 0 saturated heterocycles. The second kappa shape index (κ2) is 8.62. The van der Waals surface area contributed by atoms with Gasteiger partial charge in [0.25, 0.3) is 0 Å². The molecule has 182 valence electrons. The van der Waals surface area contributed by atoms with Crippen LogP contribution in [0.5, 0.6) is 0 Å². The first-order chi connectivity index (χ1) is 18.5. The van der Waals surface area contributed by atoms with E-state index in [1.54, 1.807) is 0 Å². The third kappa shape index (κ3) is 3.62. The Morgan fingerprint density at radius 3 is 2.61 bits per heavy atom. The Morgan fingerprint density at radius 1 is 0.868 bits per heavy atom. The molecule has 0 bridgehead atoms. The summed E-state index contributed by atoms with van der Waals surface area (Å²) in [6, 6.07) is 34.0. The molecule has 3 heterocycles. The molecule has 4 aromatic carbocycles. The number of fused-ring (bicyclic) bond motifs is 5. The molecule has 0 amide bonds. The Balaban J connectivity index is 1.27. The first kappa shape index (κ1) is 22.8. The maximum absolute atomic E-state index is 9.34. The Labute approximate surface area is 226 Å². The lowest BCUT2D eigenvalue weighted by Gasteiger charge is -2.35. The number of benzene rings is 4. The van der Waals surface area contributed by atoms with Gasteiger partial charge in [-0.15, -0.1) is 0 Å². The van der Waals surface area contributed by atoms with Crippen LogP contribution in [-0.4, -0.2) is 4.98 Å². The highest BCUT2D eigenvalue weighted by Gasteiger charge is 2.33. The monoisotopic (exact) mass is 507 g/mol. The first-order valence-corrected chi connectivity index (χ1v) is 13.6. The number of nitriles is 1. The van der Waals surface area contributed by atoms with Gasteiger partial charge in [0.05, 0.1) is 34.6 Å². The van der Waals surface area contributed by atoms with Gasteiger partial charge >= 0.3 is 0 Å². The number of rotatable bonds is 2. The smallest absolute Gasteiger partial charge is 0.0991 e. The van der Waals surface area contributed by atoms with Gasteiger partial charge in [-0.05, 0) is 52.6 Å². The van der Waals surface area contributed by atoms with Crippen molar-refractivity contribution in [2.24, 2.45) is 0 Å². The van der Waals surface area contributed by atoms with Crippen molar-refractivity contribution in [2.75, 3.05) is 5.32 Å². The zero-order valence-corrected chi connectivity index (χ0v) is 22.0. The van der Waals surface area contributed by atoms with E-state index in [1.165, 1.54) is 26.5 Å². The molecule has 5 aromatic rings. The van der Waals surface area contributed by atoms with Crippen LogP contribution in [0.2, 0.25) is 0 Å². The molecule has 2 aliphatic heterocycles. The molecule has 7 rings (SSSR count). The van der Waals surface area contributed by atoms with E-state index in [1.807, 2.05) is 42.1 Å². The fourth-order valence-corrected chi connectivity index (χ4v) is 7.12. The normalized spacial score (nSPS) is 16.6. The Kier molecular flexibility index (Phi) is 5.18. The van der Waals surface area contributed by atoms with Crippen LogP contribution in [0.3, 0.4) is 0 Å². The van der Waals surface area contributed by atoms with Gasteiger partial charge in [-0.25, -0.2) is 4.98 Å². The lowest BCUT2D eigenvalue weighted by Crippen LogP contribution is -2.24. The minimum atomic E-state index is -0.0302. The lowest BCUT2D eigenvalue weighted by atomic mass is 9.77. The minimum Gasteiger partial charge on any atom is -0.372 e. The lowest BCUT2D eigenvalue weighted by molar-refractivity contribution is 0.606. The summed E-state index contributed by atoms with van der Waals surface area (Å²) in [5.74, 6) is 0. The van der Waals surface area contributed by atoms with Crippen LogP contribution >= 0.6 is 11.8 Å². The van der Waals surface area contributed by atoms with E-state index in [-0.39, 0.29) is 11.5 Å². The van der Waals surface area contributed by atoms with E-state index in [0.29, 0.717) is 5.56 Å². The van der Waals surface area contributed by atoms with Crippen LogP contribution < -0.4 is 5.32 Å². The second-order valence-corrected chi connectivity index (χ2v) is 11.5. The fraction of sp³-hybridized carbons (Fsp3) is 0.118. The molecule has 4 heteroatoms. The molecule has 1 atom stereocenters. The van der Waals surface area contributed by atoms with Crippen LogP contribution in [0.25, 0.3) is 28.2 Å².